The molecule has 80 valence electrons. The van der Waals surface area contributed by atoms with Crippen LogP contribution in [-0.4, -0.2) is 37.0 Å². The molecular formula is C11H21N3. The van der Waals surface area contributed by atoms with Crippen molar-refractivity contribution in [1.29, 1.82) is 0 Å². The second-order valence-electron chi connectivity index (χ2n) is 4.74. The Kier molecular flexibility index (Phi) is 2.94. The molecule has 2 rings (SSSR count). The number of guanidine groups is 1. The molecule has 0 bridgehead atoms. The zero-order chi connectivity index (χ0) is 9.97. The maximum atomic E-state index is 4.47. The second-order valence-corrected chi connectivity index (χ2v) is 4.74. The van der Waals surface area contributed by atoms with E-state index < -0.39 is 0 Å². The van der Waals surface area contributed by atoms with Crippen LogP contribution in [0.5, 0.6) is 0 Å². The molecule has 3 heteroatoms. The minimum Gasteiger partial charge on any atom is -0.354 e. The molecule has 0 amide bonds. The minimum absolute atomic E-state index is 0.665. The van der Waals surface area contributed by atoms with Crippen molar-refractivity contribution in [3.63, 3.8) is 0 Å². The van der Waals surface area contributed by atoms with E-state index >= 15 is 0 Å². The Hall–Kier alpha value is -0.730. The van der Waals surface area contributed by atoms with Gasteiger partial charge < -0.3 is 10.2 Å². The van der Waals surface area contributed by atoms with Gasteiger partial charge in [0.25, 0.3) is 0 Å². The van der Waals surface area contributed by atoms with Crippen LogP contribution in [0.1, 0.15) is 32.6 Å². The number of likely N-dealkylation sites (N-methyl/N-ethyl adjacent to an activating group) is 1. The number of hydrogen-bond acceptors (Lipinski definition) is 3. The third-order valence-electron chi connectivity index (χ3n) is 3.33. The van der Waals surface area contributed by atoms with Crippen LogP contribution in [-0.2, 0) is 0 Å². The summed E-state index contributed by atoms with van der Waals surface area (Å²) in [6, 6.07) is 0.665. The standard InChI is InChI=1S/C11H21N3/c1-9-4-3-5-10(8-9)13-11-12-6-7-14(11)2/h9-10H,3-8H2,1-2H3,(H,12,13). The van der Waals surface area contributed by atoms with E-state index in [-0.39, 0.29) is 0 Å². The summed E-state index contributed by atoms with van der Waals surface area (Å²) in [5.41, 5.74) is 0. The summed E-state index contributed by atoms with van der Waals surface area (Å²) in [5.74, 6) is 2.00. The lowest BCUT2D eigenvalue weighted by Gasteiger charge is -2.29. The molecule has 1 aliphatic heterocycles. The summed E-state index contributed by atoms with van der Waals surface area (Å²) < 4.78 is 0. The van der Waals surface area contributed by atoms with Gasteiger partial charge in [0.1, 0.15) is 0 Å². The fourth-order valence-corrected chi connectivity index (χ4v) is 2.44. The van der Waals surface area contributed by atoms with Crippen molar-refractivity contribution < 1.29 is 0 Å². The SMILES string of the molecule is CC1CCCC(NC2=NCCN2C)C1. The van der Waals surface area contributed by atoms with Gasteiger partial charge in [0, 0.05) is 19.6 Å². The maximum Gasteiger partial charge on any atom is 0.194 e. The first-order valence-electron chi connectivity index (χ1n) is 5.78. The molecule has 1 aliphatic carbocycles. The van der Waals surface area contributed by atoms with Gasteiger partial charge in [-0.2, -0.15) is 0 Å². The summed E-state index contributed by atoms with van der Waals surface area (Å²) in [6.45, 7) is 4.39. The van der Waals surface area contributed by atoms with Crippen LogP contribution in [0, 0.1) is 5.92 Å². The summed E-state index contributed by atoms with van der Waals surface area (Å²) in [7, 11) is 2.12. The molecule has 2 atom stereocenters. The molecule has 0 spiro atoms. The molecule has 2 aliphatic rings. The van der Waals surface area contributed by atoms with Gasteiger partial charge in [0.15, 0.2) is 5.96 Å². The highest BCUT2D eigenvalue weighted by molar-refractivity contribution is 5.81. The number of nitrogens with one attached hydrogen (secondary N) is 1. The highest BCUT2D eigenvalue weighted by atomic mass is 15.3. The van der Waals surface area contributed by atoms with E-state index in [1.807, 2.05) is 0 Å². The first kappa shape index (κ1) is 9.81. The highest BCUT2D eigenvalue weighted by Crippen LogP contribution is 2.23. The average molecular weight is 195 g/mol. The second kappa shape index (κ2) is 4.20. The molecular weight excluding hydrogens is 174 g/mol. The van der Waals surface area contributed by atoms with Crippen LogP contribution in [0.25, 0.3) is 0 Å². The van der Waals surface area contributed by atoms with Gasteiger partial charge in [0.05, 0.1) is 6.54 Å². The lowest BCUT2D eigenvalue weighted by atomic mass is 9.87. The lowest BCUT2D eigenvalue weighted by Crippen LogP contribution is -2.43. The topological polar surface area (TPSA) is 27.6 Å². The summed E-state index contributed by atoms with van der Waals surface area (Å²) in [5, 5.41) is 3.57. The maximum absolute atomic E-state index is 4.47. The molecule has 0 aromatic rings. The van der Waals surface area contributed by atoms with Gasteiger partial charge in [-0.25, -0.2) is 0 Å². The Labute approximate surface area is 86.6 Å². The molecule has 1 fully saturated rings. The Morgan fingerprint density at radius 2 is 2.29 bits per heavy atom. The Morgan fingerprint density at radius 1 is 1.43 bits per heavy atom. The van der Waals surface area contributed by atoms with E-state index in [1.54, 1.807) is 0 Å². The van der Waals surface area contributed by atoms with Crippen LogP contribution >= 0.6 is 0 Å². The molecule has 0 aromatic heterocycles. The first-order chi connectivity index (χ1) is 6.75. The quantitative estimate of drug-likeness (QED) is 0.686. The number of hydrogen-bond donors (Lipinski definition) is 1. The molecule has 1 heterocycles. The Balaban J connectivity index is 1.84. The average Bonchev–Trinajstić information content (AvgIpc) is 2.52. The van der Waals surface area contributed by atoms with E-state index in [2.05, 4.69) is 29.2 Å². The molecule has 14 heavy (non-hydrogen) atoms. The zero-order valence-electron chi connectivity index (χ0n) is 9.29. The van der Waals surface area contributed by atoms with Crippen LogP contribution in [0.2, 0.25) is 0 Å². The molecule has 1 N–H and O–H groups in total. The molecule has 3 nitrogen and oxygen atoms in total. The van der Waals surface area contributed by atoms with E-state index in [0.29, 0.717) is 6.04 Å². The predicted molar refractivity (Wildman–Crippen MR) is 59.5 cm³/mol. The molecule has 0 saturated heterocycles. The van der Waals surface area contributed by atoms with Gasteiger partial charge in [-0.1, -0.05) is 19.8 Å². The number of aliphatic imine (C=N–C) groups is 1. The van der Waals surface area contributed by atoms with Gasteiger partial charge in [-0.3, -0.25) is 4.99 Å². The third-order valence-corrected chi connectivity index (χ3v) is 3.33. The smallest absolute Gasteiger partial charge is 0.194 e. The zero-order valence-corrected chi connectivity index (χ0v) is 9.29. The summed E-state index contributed by atoms with van der Waals surface area (Å²) in [6.07, 6.45) is 5.40. The van der Waals surface area contributed by atoms with Crippen molar-refractivity contribution >= 4 is 5.96 Å². The predicted octanol–water partition coefficient (Wildman–Crippen LogP) is 1.46. The van der Waals surface area contributed by atoms with Crippen LogP contribution in [0.4, 0.5) is 0 Å². The van der Waals surface area contributed by atoms with Crippen molar-refractivity contribution in [3.8, 4) is 0 Å². The van der Waals surface area contributed by atoms with Crippen molar-refractivity contribution in [2.75, 3.05) is 20.1 Å². The largest absolute Gasteiger partial charge is 0.354 e. The van der Waals surface area contributed by atoms with Gasteiger partial charge in [-0.05, 0) is 18.8 Å². The van der Waals surface area contributed by atoms with E-state index in [4.69, 9.17) is 0 Å². The van der Waals surface area contributed by atoms with Gasteiger partial charge >= 0.3 is 0 Å². The summed E-state index contributed by atoms with van der Waals surface area (Å²) >= 11 is 0. The van der Waals surface area contributed by atoms with Crippen molar-refractivity contribution in [2.24, 2.45) is 10.9 Å². The molecule has 0 aromatic carbocycles. The number of nitrogens with zero attached hydrogens (tertiary/aromatic N) is 2. The lowest BCUT2D eigenvalue weighted by molar-refractivity contribution is 0.320. The van der Waals surface area contributed by atoms with Crippen LogP contribution in [0.15, 0.2) is 4.99 Å². The highest BCUT2D eigenvalue weighted by Gasteiger charge is 2.22. The van der Waals surface area contributed by atoms with Gasteiger partial charge in [0.2, 0.25) is 0 Å². The summed E-state index contributed by atoms with van der Waals surface area (Å²) in [4.78, 5) is 6.69. The molecule has 2 unspecified atom stereocenters. The van der Waals surface area contributed by atoms with Crippen LogP contribution < -0.4 is 5.32 Å². The van der Waals surface area contributed by atoms with E-state index in [0.717, 1.165) is 25.0 Å². The van der Waals surface area contributed by atoms with Gasteiger partial charge in [-0.15, -0.1) is 0 Å². The van der Waals surface area contributed by atoms with Crippen LogP contribution in [0.3, 0.4) is 0 Å². The van der Waals surface area contributed by atoms with E-state index in [1.165, 1.54) is 25.7 Å². The minimum atomic E-state index is 0.665. The fraction of sp³-hybridized carbons (Fsp3) is 0.909. The number of rotatable bonds is 1. The third kappa shape index (κ3) is 2.20. The van der Waals surface area contributed by atoms with Crippen molar-refractivity contribution in [2.45, 2.75) is 38.6 Å². The van der Waals surface area contributed by atoms with Crippen molar-refractivity contribution in [1.82, 2.24) is 10.2 Å². The normalized spacial score (nSPS) is 33.0. The fourth-order valence-electron chi connectivity index (χ4n) is 2.44. The first-order valence-corrected chi connectivity index (χ1v) is 5.78. The van der Waals surface area contributed by atoms with Crippen molar-refractivity contribution in [3.05, 3.63) is 0 Å². The Bertz CT molecular complexity index is 225. The Morgan fingerprint density at radius 3 is 2.93 bits per heavy atom. The molecule has 0 radical (unpaired) electrons. The van der Waals surface area contributed by atoms with E-state index in [9.17, 15) is 0 Å². The monoisotopic (exact) mass is 195 g/mol. The molecule has 1 saturated carbocycles.